The number of nitrogens with two attached hydrogens (primary N) is 1. The van der Waals surface area contributed by atoms with Gasteiger partial charge < -0.3 is 15.5 Å². The molecule has 1 aliphatic heterocycles. The Labute approximate surface area is 157 Å². The van der Waals surface area contributed by atoms with Gasteiger partial charge in [-0.1, -0.05) is 30.3 Å². The number of nitrogens with zero attached hydrogens (tertiary/aromatic N) is 2. The van der Waals surface area contributed by atoms with E-state index in [2.05, 4.69) is 0 Å². The number of piperazine rings is 1. The third-order valence-electron chi connectivity index (χ3n) is 4.38. The van der Waals surface area contributed by atoms with E-state index in [9.17, 15) is 9.59 Å². The fourth-order valence-corrected chi connectivity index (χ4v) is 3.61. The van der Waals surface area contributed by atoms with E-state index in [1.165, 1.54) is 11.3 Å². The van der Waals surface area contributed by atoms with E-state index < -0.39 is 0 Å². The molecule has 25 heavy (non-hydrogen) atoms. The summed E-state index contributed by atoms with van der Waals surface area (Å²) in [4.78, 5) is 28.8. The first-order chi connectivity index (χ1) is 11.7. The SMILES string of the molecule is Cl.NCC(C(=O)N1CCN(C(=O)c2ccsc2)CC1)c1ccccc1. The Morgan fingerprint density at radius 2 is 1.68 bits per heavy atom. The van der Waals surface area contributed by atoms with Crippen LogP contribution >= 0.6 is 23.7 Å². The van der Waals surface area contributed by atoms with Crippen molar-refractivity contribution in [2.24, 2.45) is 5.73 Å². The van der Waals surface area contributed by atoms with Gasteiger partial charge in [0.05, 0.1) is 11.5 Å². The van der Waals surface area contributed by atoms with Crippen molar-refractivity contribution >= 4 is 35.6 Å². The molecular formula is C18H22ClN3O2S. The van der Waals surface area contributed by atoms with Gasteiger partial charge in [-0.25, -0.2) is 0 Å². The predicted octanol–water partition coefficient (Wildman–Crippen LogP) is 2.20. The van der Waals surface area contributed by atoms with Gasteiger partial charge in [-0.05, 0) is 17.0 Å². The molecule has 134 valence electrons. The lowest BCUT2D eigenvalue weighted by molar-refractivity contribution is -0.134. The molecule has 2 N–H and O–H groups in total. The van der Waals surface area contributed by atoms with E-state index >= 15 is 0 Å². The molecule has 0 radical (unpaired) electrons. The van der Waals surface area contributed by atoms with Crippen LogP contribution in [0.4, 0.5) is 0 Å². The fourth-order valence-electron chi connectivity index (χ4n) is 2.98. The molecule has 1 atom stereocenters. The van der Waals surface area contributed by atoms with Crippen LogP contribution in [-0.2, 0) is 4.79 Å². The molecular weight excluding hydrogens is 358 g/mol. The number of thiophene rings is 1. The quantitative estimate of drug-likeness (QED) is 0.885. The monoisotopic (exact) mass is 379 g/mol. The van der Waals surface area contributed by atoms with E-state index in [1.54, 1.807) is 0 Å². The summed E-state index contributed by atoms with van der Waals surface area (Å²) in [6.07, 6.45) is 0. The minimum absolute atomic E-state index is 0. The lowest BCUT2D eigenvalue weighted by Gasteiger charge is -2.36. The number of carbonyl (C=O) groups excluding carboxylic acids is 2. The van der Waals surface area contributed by atoms with Crippen molar-refractivity contribution in [3.63, 3.8) is 0 Å². The van der Waals surface area contributed by atoms with Gasteiger partial charge in [0.1, 0.15) is 0 Å². The van der Waals surface area contributed by atoms with E-state index in [0.29, 0.717) is 26.2 Å². The van der Waals surface area contributed by atoms with Crippen molar-refractivity contribution in [1.82, 2.24) is 9.80 Å². The van der Waals surface area contributed by atoms with E-state index in [-0.39, 0.29) is 36.7 Å². The Balaban J connectivity index is 0.00000225. The lowest BCUT2D eigenvalue weighted by Crippen LogP contribution is -2.52. The smallest absolute Gasteiger partial charge is 0.254 e. The van der Waals surface area contributed by atoms with Crippen molar-refractivity contribution < 1.29 is 9.59 Å². The summed E-state index contributed by atoms with van der Waals surface area (Å²) in [6, 6.07) is 11.5. The summed E-state index contributed by atoms with van der Waals surface area (Å²) >= 11 is 1.52. The third-order valence-corrected chi connectivity index (χ3v) is 5.07. The molecule has 7 heteroatoms. The average Bonchev–Trinajstić information content (AvgIpc) is 3.17. The highest BCUT2D eigenvalue weighted by atomic mass is 35.5. The van der Waals surface area contributed by atoms with Crippen LogP contribution in [0.2, 0.25) is 0 Å². The van der Waals surface area contributed by atoms with Gasteiger partial charge in [-0.15, -0.1) is 12.4 Å². The Kier molecular flexibility index (Phi) is 6.99. The van der Waals surface area contributed by atoms with Gasteiger partial charge in [0.2, 0.25) is 5.91 Å². The standard InChI is InChI=1S/C18H21N3O2S.ClH/c19-12-16(14-4-2-1-3-5-14)18(23)21-9-7-20(8-10-21)17(22)15-6-11-24-13-15;/h1-6,11,13,16H,7-10,12,19H2;1H. The Morgan fingerprint density at radius 1 is 1.04 bits per heavy atom. The van der Waals surface area contributed by atoms with Gasteiger partial charge in [0.25, 0.3) is 5.91 Å². The zero-order valence-corrected chi connectivity index (χ0v) is 15.5. The number of benzene rings is 1. The van der Waals surface area contributed by atoms with Gasteiger partial charge in [-0.3, -0.25) is 9.59 Å². The van der Waals surface area contributed by atoms with E-state index in [0.717, 1.165) is 11.1 Å². The van der Waals surface area contributed by atoms with Crippen LogP contribution in [0.25, 0.3) is 0 Å². The zero-order chi connectivity index (χ0) is 16.9. The molecule has 1 aromatic heterocycles. The highest BCUT2D eigenvalue weighted by Gasteiger charge is 2.29. The van der Waals surface area contributed by atoms with Crippen LogP contribution in [0.1, 0.15) is 21.8 Å². The van der Waals surface area contributed by atoms with Crippen molar-refractivity contribution in [3.05, 3.63) is 58.3 Å². The van der Waals surface area contributed by atoms with Crippen molar-refractivity contribution in [3.8, 4) is 0 Å². The van der Waals surface area contributed by atoms with E-state index in [1.807, 2.05) is 57.0 Å². The number of rotatable bonds is 4. The number of halogens is 1. The molecule has 0 bridgehead atoms. The van der Waals surface area contributed by atoms with Gasteiger partial charge >= 0.3 is 0 Å². The Bertz CT molecular complexity index is 686. The highest BCUT2D eigenvalue weighted by Crippen LogP contribution is 2.19. The second kappa shape index (κ2) is 8.99. The number of hydrogen-bond donors (Lipinski definition) is 1. The first kappa shape index (κ1) is 19.4. The van der Waals surface area contributed by atoms with E-state index in [4.69, 9.17) is 5.73 Å². The minimum atomic E-state index is -0.315. The van der Waals surface area contributed by atoms with Crippen molar-refractivity contribution in [1.29, 1.82) is 0 Å². The minimum Gasteiger partial charge on any atom is -0.339 e. The molecule has 3 rings (SSSR count). The van der Waals surface area contributed by atoms with Gasteiger partial charge in [0.15, 0.2) is 0 Å². The van der Waals surface area contributed by atoms with Crippen LogP contribution in [0.15, 0.2) is 47.2 Å². The fraction of sp³-hybridized carbons (Fsp3) is 0.333. The second-order valence-electron chi connectivity index (χ2n) is 5.83. The molecule has 5 nitrogen and oxygen atoms in total. The first-order valence-corrected chi connectivity index (χ1v) is 9.00. The zero-order valence-electron chi connectivity index (χ0n) is 13.8. The van der Waals surface area contributed by atoms with Crippen LogP contribution in [0.5, 0.6) is 0 Å². The third kappa shape index (κ3) is 4.39. The molecule has 0 aliphatic carbocycles. The molecule has 1 fully saturated rings. The van der Waals surface area contributed by atoms with Crippen molar-refractivity contribution in [2.75, 3.05) is 32.7 Å². The van der Waals surface area contributed by atoms with Crippen molar-refractivity contribution in [2.45, 2.75) is 5.92 Å². The number of hydrogen-bond acceptors (Lipinski definition) is 4. The summed E-state index contributed by atoms with van der Waals surface area (Å²) in [5.41, 5.74) is 7.51. The molecule has 2 heterocycles. The molecule has 1 aromatic carbocycles. The second-order valence-corrected chi connectivity index (χ2v) is 6.61. The molecule has 2 amide bonds. The molecule has 1 unspecified atom stereocenters. The molecule has 2 aromatic rings. The van der Waals surface area contributed by atoms with Crippen LogP contribution in [-0.4, -0.2) is 54.3 Å². The summed E-state index contributed by atoms with van der Waals surface area (Å²) in [7, 11) is 0. The maximum absolute atomic E-state index is 12.8. The first-order valence-electron chi connectivity index (χ1n) is 8.06. The number of amides is 2. The summed E-state index contributed by atoms with van der Waals surface area (Å²) in [5, 5.41) is 3.76. The molecule has 1 aliphatic rings. The normalized spacial score (nSPS) is 15.4. The molecule has 0 saturated carbocycles. The Hall–Kier alpha value is -1.89. The van der Waals surface area contributed by atoms with Crippen LogP contribution in [0.3, 0.4) is 0 Å². The van der Waals surface area contributed by atoms with Crippen LogP contribution < -0.4 is 5.73 Å². The Morgan fingerprint density at radius 3 is 2.24 bits per heavy atom. The maximum Gasteiger partial charge on any atom is 0.254 e. The highest BCUT2D eigenvalue weighted by molar-refractivity contribution is 7.08. The lowest BCUT2D eigenvalue weighted by atomic mass is 9.97. The maximum atomic E-state index is 12.8. The summed E-state index contributed by atoms with van der Waals surface area (Å²) < 4.78 is 0. The van der Waals surface area contributed by atoms with Crippen LogP contribution in [0, 0.1) is 0 Å². The van der Waals surface area contributed by atoms with Gasteiger partial charge in [-0.2, -0.15) is 11.3 Å². The predicted molar refractivity (Wildman–Crippen MR) is 102 cm³/mol. The number of carbonyl (C=O) groups is 2. The molecule has 1 saturated heterocycles. The average molecular weight is 380 g/mol. The molecule has 0 spiro atoms. The summed E-state index contributed by atoms with van der Waals surface area (Å²) in [6.45, 7) is 2.52. The van der Waals surface area contributed by atoms with Gasteiger partial charge in [0, 0.05) is 38.1 Å². The topological polar surface area (TPSA) is 66.6 Å². The summed E-state index contributed by atoms with van der Waals surface area (Å²) in [5.74, 6) is -0.224. The largest absolute Gasteiger partial charge is 0.339 e.